The molecule has 0 saturated carbocycles. The third-order valence-electron chi connectivity index (χ3n) is 3.78. The maximum absolute atomic E-state index is 13.0. The Morgan fingerprint density at radius 1 is 1.21 bits per heavy atom. The number of carbonyl (C=O) groups is 2. The van der Waals surface area contributed by atoms with Crippen LogP contribution in [0.3, 0.4) is 0 Å². The van der Waals surface area contributed by atoms with Crippen LogP contribution in [0.4, 0.5) is 11.5 Å². The Morgan fingerprint density at radius 3 is 2.45 bits per heavy atom. The SMILES string of the molecule is COCCCN(CC(=O)Nc1cc(C)on1)S(=O)(=O)c1ccc(NC(C)=O)cc1. The van der Waals surface area contributed by atoms with Crippen LogP contribution in [0.15, 0.2) is 39.8 Å². The first kappa shape index (κ1) is 22.5. The van der Waals surface area contributed by atoms with Crippen LogP contribution in [-0.2, 0) is 24.3 Å². The van der Waals surface area contributed by atoms with Crippen LogP contribution in [0.1, 0.15) is 19.1 Å². The van der Waals surface area contributed by atoms with E-state index in [1.165, 1.54) is 44.4 Å². The number of carbonyl (C=O) groups excluding carboxylic acids is 2. The second kappa shape index (κ2) is 10.1. The van der Waals surface area contributed by atoms with Crippen molar-refractivity contribution in [2.45, 2.75) is 25.2 Å². The normalized spacial score (nSPS) is 11.4. The molecular weight excluding hydrogens is 400 g/mol. The highest BCUT2D eigenvalue weighted by Crippen LogP contribution is 2.19. The Bertz CT molecular complexity index is 940. The van der Waals surface area contributed by atoms with Crippen molar-refractivity contribution in [2.24, 2.45) is 0 Å². The number of ether oxygens (including phenoxy) is 1. The summed E-state index contributed by atoms with van der Waals surface area (Å²) >= 11 is 0. The van der Waals surface area contributed by atoms with E-state index in [2.05, 4.69) is 15.8 Å². The molecular formula is C18H24N4O6S. The van der Waals surface area contributed by atoms with Gasteiger partial charge in [-0.25, -0.2) is 8.42 Å². The highest BCUT2D eigenvalue weighted by molar-refractivity contribution is 7.89. The molecule has 0 aliphatic rings. The minimum absolute atomic E-state index is 0.00843. The number of aryl methyl sites for hydroxylation is 1. The van der Waals surface area contributed by atoms with Gasteiger partial charge in [-0.05, 0) is 37.6 Å². The quantitative estimate of drug-likeness (QED) is 0.554. The number of nitrogens with zero attached hydrogens (tertiary/aromatic N) is 2. The number of hydrogen-bond acceptors (Lipinski definition) is 7. The Kier molecular flexibility index (Phi) is 7.88. The van der Waals surface area contributed by atoms with Crippen LogP contribution < -0.4 is 10.6 Å². The topological polar surface area (TPSA) is 131 Å². The van der Waals surface area contributed by atoms with Gasteiger partial charge in [0, 0.05) is 38.9 Å². The van der Waals surface area contributed by atoms with Crippen molar-refractivity contribution in [2.75, 3.05) is 37.4 Å². The van der Waals surface area contributed by atoms with Crippen molar-refractivity contribution < 1.29 is 27.3 Å². The van der Waals surface area contributed by atoms with Crippen molar-refractivity contribution in [1.29, 1.82) is 0 Å². The van der Waals surface area contributed by atoms with Crippen molar-refractivity contribution >= 4 is 33.3 Å². The number of amides is 2. The fraction of sp³-hybridized carbons (Fsp3) is 0.389. The van der Waals surface area contributed by atoms with Crippen molar-refractivity contribution in [3.63, 3.8) is 0 Å². The van der Waals surface area contributed by atoms with Crippen molar-refractivity contribution in [3.8, 4) is 0 Å². The van der Waals surface area contributed by atoms with E-state index in [0.29, 0.717) is 24.5 Å². The van der Waals surface area contributed by atoms with E-state index in [4.69, 9.17) is 9.26 Å². The molecule has 2 amide bonds. The maximum atomic E-state index is 13.0. The van der Waals surface area contributed by atoms with E-state index in [0.717, 1.165) is 4.31 Å². The summed E-state index contributed by atoms with van der Waals surface area (Å²) in [6, 6.07) is 7.26. The van der Waals surface area contributed by atoms with Gasteiger partial charge in [0.1, 0.15) is 5.76 Å². The summed E-state index contributed by atoms with van der Waals surface area (Å²) in [4.78, 5) is 23.5. The van der Waals surface area contributed by atoms with E-state index >= 15 is 0 Å². The molecule has 11 heteroatoms. The van der Waals surface area contributed by atoms with Gasteiger partial charge < -0.3 is 19.9 Å². The van der Waals surface area contributed by atoms with Gasteiger partial charge in [0.15, 0.2) is 5.82 Å². The van der Waals surface area contributed by atoms with Crippen LogP contribution in [0, 0.1) is 6.92 Å². The first-order valence-electron chi connectivity index (χ1n) is 8.82. The number of nitrogens with one attached hydrogen (secondary N) is 2. The number of methoxy groups -OCH3 is 1. The van der Waals surface area contributed by atoms with Crippen molar-refractivity contribution in [1.82, 2.24) is 9.46 Å². The molecule has 1 aromatic carbocycles. The Labute approximate surface area is 169 Å². The minimum atomic E-state index is -3.95. The summed E-state index contributed by atoms with van der Waals surface area (Å²) < 4.78 is 37.0. The van der Waals surface area contributed by atoms with Gasteiger partial charge in [-0.15, -0.1) is 0 Å². The average Bonchev–Trinajstić information content (AvgIpc) is 3.05. The molecule has 0 aliphatic carbocycles. The molecule has 0 atom stereocenters. The van der Waals surface area contributed by atoms with E-state index in [1.807, 2.05) is 0 Å². The highest BCUT2D eigenvalue weighted by atomic mass is 32.2. The number of anilines is 2. The Morgan fingerprint density at radius 2 is 1.90 bits per heavy atom. The zero-order valence-corrected chi connectivity index (χ0v) is 17.3. The standard InChI is InChI=1S/C18H24N4O6S/c1-13-11-17(21-28-13)20-18(24)12-22(9-4-10-27-3)29(25,26)16-7-5-15(6-8-16)19-14(2)23/h5-8,11H,4,9-10,12H2,1-3H3,(H,19,23)(H,20,21,24). The molecule has 0 spiro atoms. The number of sulfonamides is 1. The molecule has 0 unspecified atom stereocenters. The largest absolute Gasteiger partial charge is 0.385 e. The van der Waals surface area contributed by atoms with Gasteiger partial charge in [-0.3, -0.25) is 9.59 Å². The fourth-order valence-electron chi connectivity index (χ4n) is 2.50. The molecule has 10 nitrogen and oxygen atoms in total. The molecule has 1 aromatic heterocycles. The van der Waals surface area contributed by atoms with Crippen LogP contribution in [0.5, 0.6) is 0 Å². The molecule has 0 bridgehead atoms. The van der Waals surface area contributed by atoms with E-state index in [1.54, 1.807) is 6.92 Å². The molecule has 158 valence electrons. The van der Waals surface area contributed by atoms with Crippen LogP contribution >= 0.6 is 0 Å². The summed E-state index contributed by atoms with van der Waals surface area (Å²) in [6.07, 6.45) is 0.413. The Hall–Kier alpha value is -2.76. The molecule has 0 aliphatic heterocycles. The molecule has 29 heavy (non-hydrogen) atoms. The third kappa shape index (κ3) is 6.66. The molecule has 1 heterocycles. The number of aromatic nitrogens is 1. The zero-order valence-electron chi connectivity index (χ0n) is 16.5. The van der Waals surface area contributed by atoms with Gasteiger partial charge >= 0.3 is 0 Å². The summed E-state index contributed by atoms with van der Waals surface area (Å²) in [6.45, 7) is 3.07. The fourth-order valence-corrected chi connectivity index (χ4v) is 3.93. The third-order valence-corrected chi connectivity index (χ3v) is 5.64. The monoisotopic (exact) mass is 424 g/mol. The first-order chi connectivity index (χ1) is 13.7. The van der Waals surface area contributed by atoms with E-state index in [-0.39, 0.29) is 23.2 Å². The molecule has 0 fully saturated rings. The summed E-state index contributed by atoms with van der Waals surface area (Å²) in [5.74, 6) is -0.0822. The van der Waals surface area contributed by atoms with E-state index < -0.39 is 22.5 Å². The second-order valence-electron chi connectivity index (χ2n) is 6.26. The van der Waals surface area contributed by atoms with Gasteiger partial charge in [0.25, 0.3) is 0 Å². The lowest BCUT2D eigenvalue weighted by molar-refractivity contribution is -0.116. The number of benzene rings is 1. The second-order valence-corrected chi connectivity index (χ2v) is 8.20. The predicted octanol–water partition coefficient (Wildman–Crippen LogP) is 1.61. The lowest BCUT2D eigenvalue weighted by Crippen LogP contribution is -2.39. The molecule has 2 N–H and O–H groups in total. The van der Waals surface area contributed by atoms with Gasteiger partial charge in [0.05, 0.1) is 11.4 Å². The number of rotatable bonds is 10. The molecule has 2 rings (SSSR count). The minimum Gasteiger partial charge on any atom is -0.385 e. The van der Waals surface area contributed by atoms with E-state index in [9.17, 15) is 18.0 Å². The smallest absolute Gasteiger partial charge is 0.243 e. The van der Waals surface area contributed by atoms with Gasteiger partial charge in [0.2, 0.25) is 21.8 Å². The highest BCUT2D eigenvalue weighted by Gasteiger charge is 2.26. The van der Waals surface area contributed by atoms with Gasteiger partial charge in [-0.1, -0.05) is 5.16 Å². The predicted molar refractivity (Wildman–Crippen MR) is 106 cm³/mol. The maximum Gasteiger partial charge on any atom is 0.243 e. The lowest BCUT2D eigenvalue weighted by Gasteiger charge is -2.21. The average molecular weight is 424 g/mol. The summed E-state index contributed by atoms with van der Waals surface area (Å²) in [5, 5.41) is 8.74. The Balaban J connectivity index is 2.17. The van der Waals surface area contributed by atoms with Gasteiger partial charge in [-0.2, -0.15) is 4.31 Å². The lowest BCUT2D eigenvalue weighted by atomic mass is 10.3. The molecule has 2 aromatic rings. The zero-order chi connectivity index (χ0) is 21.4. The van der Waals surface area contributed by atoms with Crippen LogP contribution in [0.25, 0.3) is 0 Å². The number of hydrogen-bond donors (Lipinski definition) is 2. The van der Waals surface area contributed by atoms with Crippen molar-refractivity contribution in [3.05, 3.63) is 36.1 Å². The van der Waals surface area contributed by atoms with Crippen LogP contribution in [0.2, 0.25) is 0 Å². The molecule has 0 radical (unpaired) electrons. The van der Waals surface area contributed by atoms with Crippen LogP contribution in [-0.4, -0.2) is 56.5 Å². The summed E-state index contributed by atoms with van der Waals surface area (Å²) in [5.41, 5.74) is 0.474. The first-order valence-corrected chi connectivity index (χ1v) is 10.3. The summed E-state index contributed by atoms with van der Waals surface area (Å²) in [7, 11) is -2.44. The molecule has 0 saturated heterocycles.